The standard InChI is InChI=1S/C17H19ClN4O4S/c18-10-3-4-12-13(6-10)21-17(27-9-15(24)20-7-14(19)23)22(16(12)25)8-11-2-1-5-26-11/h3-4,6,11H,1-2,5,7-9H2,(H2,19,23)(H,20,24)/t11-/m1/s1. The number of hydrogen-bond donors (Lipinski definition) is 2. The summed E-state index contributed by atoms with van der Waals surface area (Å²) in [5.41, 5.74) is 5.28. The Hall–Kier alpha value is -2.10. The van der Waals surface area contributed by atoms with E-state index in [0.29, 0.717) is 34.2 Å². The van der Waals surface area contributed by atoms with Crippen LogP contribution in [0.4, 0.5) is 0 Å². The highest BCUT2D eigenvalue weighted by molar-refractivity contribution is 7.99. The lowest BCUT2D eigenvalue weighted by Crippen LogP contribution is -2.34. The van der Waals surface area contributed by atoms with Gasteiger partial charge in [0.15, 0.2) is 5.16 Å². The minimum atomic E-state index is -0.623. The summed E-state index contributed by atoms with van der Waals surface area (Å²) in [7, 11) is 0. The molecule has 0 unspecified atom stereocenters. The SMILES string of the molecule is NC(=O)CNC(=O)CSc1nc2cc(Cl)ccc2c(=O)n1C[C@H]1CCCO1. The maximum atomic E-state index is 13.0. The summed E-state index contributed by atoms with van der Waals surface area (Å²) < 4.78 is 7.18. The number of halogens is 1. The lowest BCUT2D eigenvalue weighted by molar-refractivity contribution is -0.123. The van der Waals surface area contributed by atoms with Gasteiger partial charge in [-0.2, -0.15) is 0 Å². The molecule has 8 nitrogen and oxygen atoms in total. The first-order valence-electron chi connectivity index (χ1n) is 8.43. The molecule has 0 spiro atoms. The fraction of sp³-hybridized carbons (Fsp3) is 0.412. The fourth-order valence-corrected chi connectivity index (χ4v) is 3.81. The molecule has 3 N–H and O–H groups in total. The van der Waals surface area contributed by atoms with E-state index < -0.39 is 5.91 Å². The van der Waals surface area contributed by atoms with Crippen molar-refractivity contribution in [3.05, 3.63) is 33.6 Å². The predicted octanol–water partition coefficient (Wildman–Crippen LogP) is 0.922. The predicted molar refractivity (Wildman–Crippen MR) is 103 cm³/mol. The lowest BCUT2D eigenvalue weighted by Gasteiger charge is -2.16. The van der Waals surface area contributed by atoms with E-state index in [1.807, 2.05) is 0 Å². The van der Waals surface area contributed by atoms with Crippen LogP contribution in [0.25, 0.3) is 10.9 Å². The Morgan fingerprint density at radius 1 is 1.44 bits per heavy atom. The summed E-state index contributed by atoms with van der Waals surface area (Å²) in [6.07, 6.45) is 1.76. The van der Waals surface area contributed by atoms with Crippen molar-refractivity contribution in [1.29, 1.82) is 0 Å². The second-order valence-electron chi connectivity index (χ2n) is 6.14. The number of primary amides is 1. The number of nitrogens with one attached hydrogen (secondary N) is 1. The second-order valence-corrected chi connectivity index (χ2v) is 7.52. The van der Waals surface area contributed by atoms with Gasteiger partial charge in [0.1, 0.15) is 0 Å². The van der Waals surface area contributed by atoms with Gasteiger partial charge in [0.2, 0.25) is 11.8 Å². The smallest absolute Gasteiger partial charge is 0.262 e. The molecule has 1 fully saturated rings. The van der Waals surface area contributed by atoms with Crippen molar-refractivity contribution in [1.82, 2.24) is 14.9 Å². The van der Waals surface area contributed by atoms with Crippen molar-refractivity contribution >= 4 is 46.1 Å². The van der Waals surface area contributed by atoms with Crippen LogP contribution in [0.2, 0.25) is 5.02 Å². The molecular formula is C17H19ClN4O4S. The first kappa shape index (κ1) is 19.7. The number of benzene rings is 1. The third kappa shape index (κ3) is 5.00. The van der Waals surface area contributed by atoms with Gasteiger partial charge in [0.05, 0.1) is 35.8 Å². The maximum Gasteiger partial charge on any atom is 0.262 e. The lowest BCUT2D eigenvalue weighted by atomic mass is 10.2. The molecule has 1 aromatic carbocycles. The monoisotopic (exact) mass is 410 g/mol. The molecule has 0 saturated carbocycles. The van der Waals surface area contributed by atoms with E-state index in [1.165, 1.54) is 4.57 Å². The number of carbonyl (C=O) groups is 2. The van der Waals surface area contributed by atoms with Crippen molar-refractivity contribution in [3.8, 4) is 0 Å². The molecule has 2 amide bonds. The Bertz CT molecular complexity index is 927. The molecule has 2 heterocycles. The minimum Gasteiger partial charge on any atom is -0.376 e. The van der Waals surface area contributed by atoms with Crippen LogP contribution < -0.4 is 16.6 Å². The second kappa shape index (κ2) is 8.73. The molecule has 3 rings (SSSR count). The number of thioether (sulfide) groups is 1. The summed E-state index contributed by atoms with van der Waals surface area (Å²) in [6, 6.07) is 4.91. The average Bonchev–Trinajstić information content (AvgIpc) is 3.13. The largest absolute Gasteiger partial charge is 0.376 e. The quantitative estimate of drug-likeness (QED) is 0.518. The van der Waals surface area contributed by atoms with Crippen LogP contribution >= 0.6 is 23.4 Å². The van der Waals surface area contributed by atoms with Gasteiger partial charge in [-0.25, -0.2) is 4.98 Å². The van der Waals surface area contributed by atoms with Gasteiger partial charge in [0, 0.05) is 11.6 Å². The molecule has 0 bridgehead atoms. The van der Waals surface area contributed by atoms with E-state index in [1.54, 1.807) is 18.2 Å². The molecule has 1 aliphatic rings. The van der Waals surface area contributed by atoms with Crippen LogP contribution in [0.15, 0.2) is 28.2 Å². The Labute approximate surface area is 164 Å². The summed E-state index contributed by atoms with van der Waals surface area (Å²) >= 11 is 7.13. The van der Waals surface area contributed by atoms with Gasteiger partial charge in [-0.3, -0.25) is 19.0 Å². The van der Waals surface area contributed by atoms with E-state index in [4.69, 9.17) is 22.1 Å². The van der Waals surface area contributed by atoms with Gasteiger partial charge in [0.25, 0.3) is 5.56 Å². The minimum absolute atomic E-state index is 0.00266. The Morgan fingerprint density at radius 3 is 2.96 bits per heavy atom. The van der Waals surface area contributed by atoms with Crippen molar-refractivity contribution < 1.29 is 14.3 Å². The van der Waals surface area contributed by atoms with E-state index in [-0.39, 0.29) is 29.9 Å². The zero-order chi connectivity index (χ0) is 19.4. The number of aromatic nitrogens is 2. The molecule has 0 radical (unpaired) electrons. The molecule has 1 atom stereocenters. The normalized spacial score (nSPS) is 16.6. The zero-order valence-corrected chi connectivity index (χ0v) is 16.0. The number of rotatable bonds is 7. The van der Waals surface area contributed by atoms with Crippen molar-refractivity contribution in [2.45, 2.75) is 30.6 Å². The first-order valence-corrected chi connectivity index (χ1v) is 9.80. The molecule has 1 aliphatic heterocycles. The van der Waals surface area contributed by atoms with Crippen LogP contribution in [0, 0.1) is 0 Å². The maximum absolute atomic E-state index is 13.0. The zero-order valence-electron chi connectivity index (χ0n) is 14.4. The molecule has 27 heavy (non-hydrogen) atoms. The third-order valence-corrected chi connectivity index (χ3v) is 5.30. The Morgan fingerprint density at radius 2 is 2.26 bits per heavy atom. The van der Waals surface area contributed by atoms with Gasteiger partial charge < -0.3 is 15.8 Å². The Kier molecular flexibility index (Phi) is 6.35. The molecule has 144 valence electrons. The third-order valence-electron chi connectivity index (χ3n) is 4.08. The number of carbonyl (C=O) groups excluding carboxylic acids is 2. The van der Waals surface area contributed by atoms with Crippen LogP contribution in [0.5, 0.6) is 0 Å². The summed E-state index contributed by atoms with van der Waals surface area (Å²) in [5.74, 6) is -0.998. The summed E-state index contributed by atoms with van der Waals surface area (Å²) in [5, 5.41) is 3.74. The van der Waals surface area contributed by atoms with Gasteiger partial charge in [-0.1, -0.05) is 23.4 Å². The number of hydrogen-bond acceptors (Lipinski definition) is 6. The highest BCUT2D eigenvalue weighted by Gasteiger charge is 2.21. The molecule has 10 heteroatoms. The molecular weight excluding hydrogens is 392 g/mol. The average molecular weight is 411 g/mol. The summed E-state index contributed by atoms with van der Waals surface area (Å²) in [4.78, 5) is 40.1. The molecule has 1 aromatic heterocycles. The Balaban J connectivity index is 1.88. The van der Waals surface area contributed by atoms with Crippen LogP contribution in [0.1, 0.15) is 12.8 Å². The van der Waals surface area contributed by atoms with Gasteiger partial charge in [-0.15, -0.1) is 0 Å². The van der Waals surface area contributed by atoms with Crippen molar-refractivity contribution in [2.75, 3.05) is 18.9 Å². The first-order chi connectivity index (χ1) is 12.9. The van der Waals surface area contributed by atoms with E-state index in [2.05, 4.69) is 10.3 Å². The molecule has 2 aromatic rings. The van der Waals surface area contributed by atoms with E-state index in [9.17, 15) is 14.4 Å². The van der Waals surface area contributed by atoms with Crippen LogP contribution in [-0.4, -0.2) is 46.4 Å². The van der Waals surface area contributed by atoms with Crippen LogP contribution in [-0.2, 0) is 20.9 Å². The fourth-order valence-electron chi connectivity index (χ4n) is 2.80. The van der Waals surface area contributed by atoms with Crippen LogP contribution in [0.3, 0.4) is 0 Å². The van der Waals surface area contributed by atoms with Crippen molar-refractivity contribution in [3.63, 3.8) is 0 Å². The number of amides is 2. The highest BCUT2D eigenvalue weighted by atomic mass is 35.5. The molecule has 0 aliphatic carbocycles. The van der Waals surface area contributed by atoms with E-state index >= 15 is 0 Å². The number of fused-ring (bicyclic) bond motifs is 1. The molecule has 1 saturated heterocycles. The number of nitrogens with zero attached hydrogens (tertiary/aromatic N) is 2. The highest BCUT2D eigenvalue weighted by Crippen LogP contribution is 2.22. The topological polar surface area (TPSA) is 116 Å². The van der Waals surface area contributed by atoms with Crippen molar-refractivity contribution in [2.24, 2.45) is 5.73 Å². The number of ether oxygens (including phenoxy) is 1. The van der Waals surface area contributed by atoms with Gasteiger partial charge in [-0.05, 0) is 31.0 Å². The summed E-state index contributed by atoms with van der Waals surface area (Å²) in [6.45, 7) is 0.812. The van der Waals surface area contributed by atoms with Gasteiger partial charge >= 0.3 is 0 Å². The van der Waals surface area contributed by atoms with E-state index in [0.717, 1.165) is 24.6 Å². The number of nitrogens with two attached hydrogens (primary N) is 1.